The van der Waals surface area contributed by atoms with Gasteiger partial charge in [0, 0.05) is 24.6 Å². The number of amides is 1. The van der Waals surface area contributed by atoms with Crippen LogP contribution in [0.1, 0.15) is 41.6 Å². The molecule has 0 heterocycles. The standard InChI is InChI=1S/C21H23NO2/c23-15-14-18-12-7-13-20(18)22(16-17-8-3-1-4-9-17)21(24)19-10-5-2-6-11-19/h1-6,8-11,15,18,20H,7,12-14,16H2/t18-,20+/m1/s1. The first kappa shape index (κ1) is 16.4. The molecule has 0 spiro atoms. The van der Waals surface area contributed by atoms with Gasteiger partial charge in [-0.15, -0.1) is 0 Å². The summed E-state index contributed by atoms with van der Waals surface area (Å²) in [6, 6.07) is 19.7. The molecule has 0 N–H and O–H groups in total. The van der Waals surface area contributed by atoms with Gasteiger partial charge in [-0.2, -0.15) is 0 Å². The molecule has 2 aromatic rings. The van der Waals surface area contributed by atoms with Gasteiger partial charge in [-0.05, 0) is 36.5 Å². The molecule has 3 rings (SSSR count). The Kier molecular flexibility index (Phi) is 5.42. The van der Waals surface area contributed by atoms with Crippen LogP contribution in [0.3, 0.4) is 0 Å². The lowest BCUT2D eigenvalue weighted by Crippen LogP contribution is -2.42. The van der Waals surface area contributed by atoms with Gasteiger partial charge < -0.3 is 9.69 Å². The number of rotatable bonds is 6. The van der Waals surface area contributed by atoms with Crippen molar-refractivity contribution in [3.8, 4) is 0 Å². The molecule has 0 aliphatic heterocycles. The van der Waals surface area contributed by atoms with Crippen LogP contribution in [0.25, 0.3) is 0 Å². The fraction of sp³-hybridized carbons (Fsp3) is 0.333. The summed E-state index contributed by atoms with van der Waals surface area (Å²) in [4.78, 5) is 26.1. The first-order chi connectivity index (χ1) is 11.8. The fourth-order valence-corrected chi connectivity index (χ4v) is 3.69. The van der Waals surface area contributed by atoms with Crippen LogP contribution in [0.15, 0.2) is 60.7 Å². The first-order valence-corrected chi connectivity index (χ1v) is 8.63. The summed E-state index contributed by atoms with van der Waals surface area (Å²) in [5, 5.41) is 0. The summed E-state index contributed by atoms with van der Waals surface area (Å²) in [5.74, 6) is 0.334. The lowest BCUT2D eigenvalue weighted by molar-refractivity contribution is -0.108. The second-order valence-corrected chi connectivity index (χ2v) is 6.45. The molecule has 0 unspecified atom stereocenters. The third-order valence-corrected chi connectivity index (χ3v) is 4.90. The minimum absolute atomic E-state index is 0.0576. The van der Waals surface area contributed by atoms with Crippen molar-refractivity contribution < 1.29 is 9.59 Å². The molecular weight excluding hydrogens is 298 g/mol. The molecule has 2 aromatic carbocycles. The van der Waals surface area contributed by atoms with Crippen LogP contribution in [0, 0.1) is 5.92 Å². The first-order valence-electron chi connectivity index (χ1n) is 8.63. The summed E-state index contributed by atoms with van der Waals surface area (Å²) in [6.07, 6.45) is 4.62. The smallest absolute Gasteiger partial charge is 0.254 e. The zero-order valence-corrected chi connectivity index (χ0v) is 13.8. The van der Waals surface area contributed by atoms with Crippen molar-refractivity contribution in [2.24, 2.45) is 5.92 Å². The summed E-state index contributed by atoms with van der Waals surface area (Å²) < 4.78 is 0. The van der Waals surface area contributed by atoms with Gasteiger partial charge in [0.1, 0.15) is 6.29 Å². The van der Waals surface area contributed by atoms with Crippen molar-refractivity contribution in [3.63, 3.8) is 0 Å². The van der Waals surface area contributed by atoms with Gasteiger partial charge in [-0.25, -0.2) is 0 Å². The number of hydrogen-bond acceptors (Lipinski definition) is 2. The number of carbonyl (C=O) groups excluding carboxylic acids is 2. The highest BCUT2D eigenvalue weighted by atomic mass is 16.2. The highest BCUT2D eigenvalue weighted by molar-refractivity contribution is 5.94. The Morgan fingerprint density at radius 3 is 2.33 bits per heavy atom. The van der Waals surface area contributed by atoms with E-state index in [4.69, 9.17) is 0 Å². The van der Waals surface area contributed by atoms with Gasteiger partial charge in [-0.3, -0.25) is 4.79 Å². The minimum atomic E-state index is 0.0576. The van der Waals surface area contributed by atoms with Crippen LogP contribution in [-0.2, 0) is 11.3 Å². The Morgan fingerprint density at radius 1 is 1.00 bits per heavy atom. The van der Waals surface area contributed by atoms with Crippen molar-refractivity contribution in [2.75, 3.05) is 0 Å². The van der Waals surface area contributed by atoms with Gasteiger partial charge in [0.15, 0.2) is 0 Å². The summed E-state index contributed by atoms with van der Waals surface area (Å²) >= 11 is 0. The Balaban J connectivity index is 1.88. The predicted molar refractivity (Wildman–Crippen MR) is 94.6 cm³/mol. The molecule has 0 saturated heterocycles. The maximum absolute atomic E-state index is 13.1. The molecule has 1 aliphatic carbocycles. The van der Waals surface area contributed by atoms with Crippen molar-refractivity contribution >= 4 is 12.2 Å². The number of aldehydes is 1. The Hall–Kier alpha value is -2.42. The van der Waals surface area contributed by atoms with Gasteiger partial charge in [0.25, 0.3) is 5.91 Å². The maximum Gasteiger partial charge on any atom is 0.254 e. The second-order valence-electron chi connectivity index (χ2n) is 6.45. The third-order valence-electron chi connectivity index (χ3n) is 4.90. The van der Waals surface area contributed by atoms with Gasteiger partial charge in [-0.1, -0.05) is 55.0 Å². The Bertz CT molecular complexity index is 669. The van der Waals surface area contributed by atoms with E-state index < -0.39 is 0 Å². The van der Waals surface area contributed by atoms with Crippen molar-refractivity contribution in [1.29, 1.82) is 0 Å². The predicted octanol–water partition coefficient (Wildman–Crippen LogP) is 4.09. The molecule has 3 nitrogen and oxygen atoms in total. The fourth-order valence-electron chi connectivity index (χ4n) is 3.69. The van der Waals surface area contributed by atoms with E-state index in [-0.39, 0.29) is 17.9 Å². The molecule has 0 bridgehead atoms. The minimum Gasteiger partial charge on any atom is -0.331 e. The van der Waals surface area contributed by atoms with E-state index in [0.29, 0.717) is 18.5 Å². The molecule has 1 saturated carbocycles. The topological polar surface area (TPSA) is 37.4 Å². The maximum atomic E-state index is 13.1. The van der Waals surface area contributed by atoms with Gasteiger partial charge in [0.2, 0.25) is 0 Å². The highest BCUT2D eigenvalue weighted by Crippen LogP contribution is 2.33. The molecule has 0 aromatic heterocycles. The van der Waals surface area contributed by atoms with E-state index in [0.717, 1.165) is 31.1 Å². The largest absolute Gasteiger partial charge is 0.331 e. The summed E-state index contributed by atoms with van der Waals surface area (Å²) in [6.45, 7) is 0.592. The third kappa shape index (κ3) is 3.73. The zero-order valence-electron chi connectivity index (χ0n) is 13.8. The number of hydrogen-bond donors (Lipinski definition) is 0. The average Bonchev–Trinajstić information content (AvgIpc) is 3.09. The summed E-state index contributed by atoms with van der Waals surface area (Å²) in [7, 11) is 0. The van der Waals surface area contributed by atoms with Crippen LogP contribution < -0.4 is 0 Å². The zero-order chi connectivity index (χ0) is 16.8. The van der Waals surface area contributed by atoms with E-state index >= 15 is 0 Å². The van der Waals surface area contributed by atoms with Crippen molar-refractivity contribution in [1.82, 2.24) is 4.90 Å². The van der Waals surface area contributed by atoms with E-state index in [1.54, 1.807) is 0 Å². The van der Waals surface area contributed by atoms with Crippen LogP contribution in [0.2, 0.25) is 0 Å². The van der Waals surface area contributed by atoms with E-state index in [1.807, 2.05) is 53.4 Å². The monoisotopic (exact) mass is 321 g/mol. The van der Waals surface area contributed by atoms with E-state index in [1.165, 1.54) is 0 Å². The van der Waals surface area contributed by atoms with E-state index in [9.17, 15) is 9.59 Å². The molecule has 2 atom stereocenters. The molecule has 1 amide bonds. The molecule has 0 radical (unpaired) electrons. The Labute approximate surface area is 143 Å². The number of carbonyl (C=O) groups is 2. The van der Waals surface area contributed by atoms with Crippen molar-refractivity contribution in [2.45, 2.75) is 38.3 Å². The molecular formula is C21H23NO2. The SMILES string of the molecule is O=CC[C@H]1CCC[C@@H]1N(Cc1ccccc1)C(=O)c1ccccc1. The molecule has 124 valence electrons. The Morgan fingerprint density at radius 2 is 1.67 bits per heavy atom. The molecule has 3 heteroatoms. The number of benzene rings is 2. The summed E-state index contributed by atoms with van der Waals surface area (Å²) in [5.41, 5.74) is 1.84. The van der Waals surface area contributed by atoms with Crippen LogP contribution in [0.5, 0.6) is 0 Å². The molecule has 24 heavy (non-hydrogen) atoms. The van der Waals surface area contributed by atoms with Crippen LogP contribution in [0.4, 0.5) is 0 Å². The van der Waals surface area contributed by atoms with E-state index in [2.05, 4.69) is 12.1 Å². The highest BCUT2D eigenvalue weighted by Gasteiger charge is 2.34. The molecule has 1 fully saturated rings. The lowest BCUT2D eigenvalue weighted by atomic mass is 9.97. The molecule has 1 aliphatic rings. The normalized spacial score (nSPS) is 19.8. The van der Waals surface area contributed by atoms with Crippen LogP contribution >= 0.6 is 0 Å². The lowest BCUT2D eigenvalue weighted by Gasteiger charge is -2.33. The van der Waals surface area contributed by atoms with Gasteiger partial charge in [0.05, 0.1) is 0 Å². The average molecular weight is 321 g/mol. The quantitative estimate of drug-likeness (QED) is 0.752. The van der Waals surface area contributed by atoms with Crippen LogP contribution in [-0.4, -0.2) is 23.1 Å². The number of nitrogens with zero attached hydrogens (tertiary/aromatic N) is 1. The van der Waals surface area contributed by atoms with Gasteiger partial charge >= 0.3 is 0 Å². The van der Waals surface area contributed by atoms with Crippen molar-refractivity contribution in [3.05, 3.63) is 71.8 Å². The second kappa shape index (κ2) is 7.91.